The van der Waals surface area contributed by atoms with Gasteiger partial charge in [0.2, 0.25) is 0 Å². The van der Waals surface area contributed by atoms with Gasteiger partial charge >= 0.3 is 0 Å². The maximum absolute atomic E-state index is 2.41. The van der Waals surface area contributed by atoms with Crippen LogP contribution in [0.2, 0.25) is 0 Å². The summed E-state index contributed by atoms with van der Waals surface area (Å²) in [5.41, 5.74) is 1.69. The monoisotopic (exact) mass is 110 g/mol. The highest BCUT2D eigenvalue weighted by Crippen LogP contribution is 2.28. The average Bonchev–Trinajstić information content (AvgIpc) is 2.51. The molecule has 0 aliphatic heterocycles. The number of rotatable bonds is 3. The summed E-state index contributed by atoms with van der Waals surface area (Å²) in [5, 5.41) is 0. The first kappa shape index (κ1) is 5.87. The highest BCUT2D eigenvalue weighted by atomic mass is 14.1. The fourth-order valence-electron chi connectivity index (χ4n) is 0.787. The van der Waals surface area contributed by atoms with Gasteiger partial charge in [0.25, 0.3) is 0 Å². The number of unbranched alkanes of at least 4 members (excludes halogenated alkanes) is 2. The molecule has 1 fully saturated rings. The largest absolute Gasteiger partial charge is 0.0853 e. The quantitative estimate of drug-likeness (QED) is 0.387. The Hall–Kier alpha value is -0.260. The van der Waals surface area contributed by atoms with Gasteiger partial charge in [-0.15, -0.1) is 0 Å². The zero-order valence-electron chi connectivity index (χ0n) is 5.61. The van der Waals surface area contributed by atoms with Crippen LogP contribution in [0, 0.1) is 0 Å². The number of hydrogen-bond donors (Lipinski definition) is 0. The Morgan fingerprint density at radius 3 is 2.75 bits per heavy atom. The van der Waals surface area contributed by atoms with Gasteiger partial charge in [0.1, 0.15) is 0 Å². The summed E-state index contributed by atoms with van der Waals surface area (Å²) < 4.78 is 0. The van der Waals surface area contributed by atoms with Crippen molar-refractivity contribution in [3.8, 4) is 0 Å². The molecule has 1 saturated carbocycles. The lowest BCUT2D eigenvalue weighted by Crippen LogP contribution is -1.64. The number of allylic oxidation sites excluding steroid dienone is 2. The lowest BCUT2D eigenvalue weighted by atomic mass is 10.2. The van der Waals surface area contributed by atoms with E-state index >= 15 is 0 Å². The van der Waals surface area contributed by atoms with Gasteiger partial charge in [0.15, 0.2) is 0 Å². The molecule has 0 aromatic rings. The van der Waals surface area contributed by atoms with Crippen molar-refractivity contribution in [2.24, 2.45) is 0 Å². The fraction of sp³-hybridized carbons (Fsp3) is 0.750. The van der Waals surface area contributed by atoms with E-state index in [-0.39, 0.29) is 0 Å². The molecule has 1 aliphatic rings. The maximum Gasteiger partial charge on any atom is -0.0283 e. The zero-order valence-corrected chi connectivity index (χ0v) is 5.61. The summed E-state index contributed by atoms with van der Waals surface area (Å²) in [5.74, 6) is 0. The molecule has 0 atom stereocenters. The predicted molar refractivity (Wildman–Crippen MR) is 36.8 cm³/mol. The molecule has 0 aromatic heterocycles. The third kappa shape index (κ3) is 2.15. The predicted octanol–water partition coefficient (Wildman–Crippen LogP) is 2.90. The van der Waals surface area contributed by atoms with Crippen molar-refractivity contribution < 1.29 is 0 Å². The van der Waals surface area contributed by atoms with E-state index in [1.54, 1.807) is 5.57 Å². The Balaban J connectivity index is 1.95. The molecule has 0 heteroatoms. The van der Waals surface area contributed by atoms with Crippen molar-refractivity contribution in [1.82, 2.24) is 0 Å². The standard InChI is InChI=1S/C8H14/c1-2-3-4-5-8-6-7-8/h5H,2-4,6-7H2,1H3. The van der Waals surface area contributed by atoms with Crippen molar-refractivity contribution in [3.63, 3.8) is 0 Å². The van der Waals surface area contributed by atoms with Crippen molar-refractivity contribution in [1.29, 1.82) is 0 Å². The topological polar surface area (TPSA) is 0 Å². The summed E-state index contributed by atoms with van der Waals surface area (Å²) >= 11 is 0. The molecule has 8 heavy (non-hydrogen) atoms. The Kier molecular flexibility index (Phi) is 2.13. The van der Waals surface area contributed by atoms with Gasteiger partial charge < -0.3 is 0 Å². The van der Waals surface area contributed by atoms with E-state index in [4.69, 9.17) is 0 Å². The normalized spacial score (nSPS) is 16.4. The SMILES string of the molecule is CCCCC=C1CC1. The van der Waals surface area contributed by atoms with Crippen LogP contribution in [0.5, 0.6) is 0 Å². The molecule has 46 valence electrons. The van der Waals surface area contributed by atoms with Crippen LogP contribution in [0.1, 0.15) is 39.0 Å². The third-order valence-electron chi connectivity index (χ3n) is 1.53. The van der Waals surface area contributed by atoms with Crippen LogP contribution in [-0.2, 0) is 0 Å². The van der Waals surface area contributed by atoms with E-state index in [0.29, 0.717) is 0 Å². The minimum Gasteiger partial charge on any atom is -0.0853 e. The molecule has 1 rings (SSSR count). The van der Waals surface area contributed by atoms with Crippen molar-refractivity contribution in [2.45, 2.75) is 39.0 Å². The Morgan fingerprint density at radius 2 is 2.25 bits per heavy atom. The van der Waals surface area contributed by atoms with Gasteiger partial charge in [-0.05, 0) is 19.3 Å². The van der Waals surface area contributed by atoms with Gasteiger partial charge in [0.05, 0.1) is 0 Å². The summed E-state index contributed by atoms with van der Waals surface area (Å²) in [6.45, 7) is 2.24. The highest BCUT2D eigenvalue weighted by molar-refractivity contribution is 5.15. The zero-order chi connectivity index (χ0) is 5.82. The molecule has 0 saturated heterocycles. The van der Waals surface area contributed by atoms with Crippen LogP contribution in [0.15, 0.2) is 11.6 Å². The van der Waals surface area contributed by atoms with E-state index in [2.05, 4.69) is 13.0 Å². The number of hydrogen-bond acceptors (Lipinski definition) is 0. The first-order chi connectivity index (χ1) is 3.93. The van der Waals surface area contributed by atoms with E-state index in [0.717, 1.165) is 0 Å². The van der Waals surface area contributed by atoms with Gasteiger partial charge in [-0.2, -0.15) is 0 Å². The minimum absolute atomic E-state index is 1.33. The van der Waals surface area contributed by atoms with E-state index in [9.17, 15) is 0 Å². The first-order valence-corrected chi connectivity index (χ1v) is 3.61. The van der Waals surface area contributed by atoms with Gasteiger partial charge in [-0.1, -0.05) is 31.4 Å². The van der Waals surface area contributed by atoms with Crippen LogP contribution in [0.25, 0.3) is 0 Å². The summed E-state index contributed by atoms with van der Waals surface area (Å²) in [6, 6.07) is 0. The molecule has 0 amide bonds. The van der Waals surface area contributed by atoms with Crippen LogP contribution in [-0.4, -0.2) is 0 Å². The van der Waals surface area contributed by atoms with Crippen LogP contribution in [0.3, 0.4) is 0 Å². The second kappa shape index (κ2) is 2.91. The molecule has 0 spiro atoms. The second-order valence-corrected chi connectivity index (χ2v) is 2.50. The van der Waals surface area contributed by atoms with Crippen molar-refractivity contribution in [3.05, 3.63) is 11.6 Å². The first-order valence-electron chi connectivity index (χ1n) is 3.61. The van der Waals surface area contributed by atoms with Crippen molar-refractivity contribution >= 4 is 0 Å². The fourth-order valence-corrected chi connectivity index (χ4v) is 0.787. The van der Waals surface area contributed by atoms with E-state index in [1.165, 1.54) is 32.1 Å². The van der Waals surface area contributed by atoms with Crippen LogP contribution < -0.4 is 0 Å². The molecule has 0 radical (unpaired) electrons. The molecule has 0 bridgehead atoms. The minimum atomic E-state index is 1.33. The highest BCUT2D eigenvalue weighted by Gasteiger charge is 2.08. The molecular formula is C8H14. The lowest BCUT2D eigenvalue weighted by Gasteiger charge is -1.84. The second-order valence-electron chi connectivity index (χ2n) is 2.50. The lowest BCUT2D eigenvalue weighted by molar-refractivity contribution is 0.813. The van der Waals surface area contributed by atoms with Crippen LogP contribution >= 0.6 is 0 Å². The summed E-state index contributed by atoms with van der Waals surface area (Å²) in [6.07, 6.45) is 9.23. The Labute approximate surface area is 51.6 Å². The Bertz CT molecular complexity index is 84.2. The van der Waals surface area contributed by atoms with Gasteiger partial charge in [-0.25, -0.2) is 0 Å². The van der Waals surface area contributed by atoms with E-state index < -0.39 is 0 Å². The molecule has 1 aliphatic carbocycles. The van der Waals surface area contributed by atoms with E-state index in [1.807, 2.05) is 0 Å². The van der Waals surface area contributed by atoms with Crippen molar-refractivity contribution in [2.75, 3.05) is 0 Å². The van der Waals surface area contributed by atoms with Gasteiger partial charge in [-0.3, -0.25) is 0 Å². The molecule has 0 nitrogen and oxygen atoms in total. The van der Waals surface area contributed by atoms with Crippen LogP contribution in [0.4, 0.5) is 0 Å². The maximum atomic E-state index is 2.41. The molecular weight excluding hydrogens is 96.1 g/mol. The molecule has 0 aromatic carbocycles. The summed E-state index contributed by atoms with van der Waals surface area (Å²) in [7, 11) is 0. The summed E-state index contributed by atoms with van der Waals surface area (Å²) in [4.78, 5) is 0. The van der Waals surface area contributed by atoms with Gasteiger partial charge in [0, 0.05) is 0 Å². The third-order valence-corrected chi connectivity index (χ3v) is 1.53. The molecule has 0 N–H and O–H groups in total. The molecule has 0 heterocycles. The molecule has 0 unspecified atom stereocenters. The Morgan fingerprint density at radius 1 is 1.50 bits per heavy atom. The average molecular weight is 110 g/mol. The smallest absolute Gasteiger partial charge is 0.0283 e.